The van der Waals surface area contributed by atoms with Gasteiger partial charge in [0.2, 0.25) is 0 Å². The number of aryl methyl sites for hydroxylation is 2. The van der Waals surface area contributed by atoms with Crippen molar-refractivity contribution in [3.05, 3.63) is 80.9 Å². The first-order valence-corrected chi connectivity index (χ1v) is 11.2. The molecule has 152 valence electrons. The Kier molecular flexibility index (Phi) is 6.15. The minimum Gasteiger partial charge on any atom is -0.351 e. The van der Waals surface area contributed by atoms with E-state index in [4.69, 9.17) is 0 Å². The molecule has 0 aliphatic carbocycles. The van der Waals surface area contributed by atoms with Crippen molar-refractivity contribution >= 4 is 28.6 Å². The highest BCUT2D eigenvalue weighted by Crippen LogP contribution is 2.27. The maximum absolute atomic E-state index is 12.6. The molecule has 0 fully saturated rings. The third kappa shape index (κ3) is 4.55. The highest BCUT2D eigenvalue weighted by atomic mass is 32.1. The van der Waals surface area contributed by atoms with Crippen molar-refractivity contribution in [2.45, 2.75) is 19.9 Å². The summed E-state index contributed by atoms with van der Waals surface area (Å²) in [6, 6.07) is 17.0. The van der Waals surface area contributed by atoms with Gasteiger partial charge < -0.3 is 5.32 Å². The summed E-state index contributed by atoms with van der Waals surface area (Å²) in [6.45, 7) is 2.74. The van der Waals surface area contributed by atoms with Crippen LogP contribution in [0.3, 0.4) is 0 Å². The van der Waals surface area contributed by atoms with E-state index in [1.165, 1.54) is 22.1 Å². The van der Waals surface area contributed by atoms with Gasteiger partial charge in [-0.1, -0.05) is 36.4 Å². The molecule has 0 saturated carbocycles. The third-order valence-corrected chi connectivity index (χ3v) is 6.59. The highest BCUT2D eigenvalue weighted by Gasteiger charge is 2.15. The van der Waals surface area contributed by atoms with Crippen LogP contribution in [-0.2, 0) is 6.54 Å². The largest absolute Gasteiger partial charge is 0.351 e. The zero-order chi connectivity index (χ0) is 20.9. The average Bonchev–Trinajstić information content (AvgIpc) is 3.43. The molecule has 0 aliphatic heterocycles. The fraction of sp³-hybridized carbons (Fsp3) is 0.182. The minimum absolute atomic E-state index is 0.139. The molecule has 4 aromatic rings. The van der Waals surface area contributed by atoms with E-state index < -0.39 is 0 Å². The number of thiophene rings is 1. The molecule has 1 N–H and O–H groups in total. The topological polar surface area (TPSA) is 76.9 Å². The molecule has 0 radical (unpaired) electrons. The predicted octanol–water partition coefficient (Wildman–Crippen LogP) is 4.22. The molecule has 4 rings (SSSR count). The van der Waals surface area contributed by atoms with Crippen molar-refractivity contribution in [1.82, 2.24) is 20.1 Å². The Labute approximate surface area is 181 Å². The van der Waals surface area contributed by atoms with Crippen molar-refractivity contribution < 1.29 is 4.79 Å². The minimum atomic E-state index is -0.146. The zero-order valence-electron chi connectivity index (χ0n) is 16.4. The molecule has 0 unspecified atom stereocenters. The SMILES string of the molecule is Cc1nc(-c2ccccc2)sc1C(=O)NCCCn1nc(-c2cccs2)ccc1=O. The Balaban J connectivity index is 1.35. The fourth-order valence-corrected chi connectivity index (χ4v) is 4.67. The first-order valence-electron chi connectivity index (χ1n) is 9.55. The molecule has 0 saturated heterocycles. The number of thiazole rings is 1. The Hall–Kier alpha value is -3.10. The van der Waals surface area contributed by atoms with Gasteiger partial charge in [0.25, 0.3) is 11.5 Å². The van der Waals surface area contributed by atoms with Gasteiger partial charge in [-0.25, -0.2) is 9.67 Å². The van der Waals surface area contributed by atoms with E-state index in [1.807, 2.05) is 54.8 Å². The van der Waals surface area contributed by atoms with Crippen LogP contribution in [0.5, 0.6) is 0 Å². The molecule has 3 heterocycles. The molecular weight excluding hydrogens is 416 g/mol. The molecule has 0 aliphatic rings. The number of aromatic nitrogens is 3. The van der Waals surface area contributed by atoms with Gasteiger partial charge in [0, 0.05) is 24.7 Å². The molecule has 30 heavy (non-hydrogen) atoms. The molecular formula is C22H20N4O2S2. The standard InChI is InChI=1S/C22H20N4O2S2/c1-15-20(30-22(24-15)16-7-3-2-4-8-16)21(28)23-12-6-13-26-19(27)11-10-17(25-26)18-9-5-14-29-18/h2-5,7-11,14H,6,12-13H2,1H3,(H,23,28). The number of hydrogen-bond acceptors (Lipinski definition) is 6. The molecule has 8 heteroatoms. The summed E-state index contributed by atoms with van der Waals surface area (Å²) >= 11 is 2.97. The van der Waals surface area contributed by atoms with Crippen molar-refractivity contribution in [3.63, 3.8) is 0 Å². The zero-order valence-corrected chi connectivity index (χ0v) is 18.0. The van der Waals surface area contributed by atoms with Crippen LogP contribution in [0.4, 0.5) is 0 Å². The normalized spacial score (nSPS) is 10.8. The van der Waals surface area contributed by atoms with Crippen molar-refractivity contribution in [1.29, 1.82) is 0 Å². The molecule has 3 aromatic heterocycles. The maximum atomic E-state index is 12.6. The number of rotatable bonds is 7. The van der Waals surface area contributed by atoms with E-state index in [1.54, 1.807) is 17.4 Å². The lowest BCUT2D eigenvalue weighted by atomic mass is 10.2. The first-order chi connectivity index (χ1) is 14.6. The second-order valence-electron chi connectivity index (χ2n) is 6.67. The number of carbonyl (C=O) groups is 1. The molecule has 1 aromatic carbocycles. The van der Waals surface area contributed by atoms with E-state index in [-0.39, 0.29) is 11.5 Å². The van der Waals surface area contributed by atoms with Crippen molar-refractivity contribution in [2.24, 2.45) is 0 Å². The van der Waals surface area contributed by atoms with Crippen LogP contribution >= 0.6 is 22.7 Å². The van der Waals surface area contributed by atoms with E-state index in [9.17, 15) is 9.59 Å². The predicted molar refractivity (Wildman–Crippen MR) is 121 cm³/mol. The first kappa shape index (κ1) is 20.2. The van der Waals surface area contributed by atoms with Crippen LogP contribution in [0.25, 0.3) is 21.1 Å². The quantitative estimate of drug-likeness (QED) is 0.440. The Bertz CT molecular complexity index is 1200. The van der Waals surface area contributed by atoms with Crippen LogP contribution in [0.1, 0.15) is 21.8 Å². The van der Waals surface area contributed by atoms with Gasteiger partial charge in [0.15, 0.2) is 0 Å². The fourth-order valence-electron chi connectivity index (χ4n) is 2.99. The van der Waals surface area contributed by atoms with Crippen LogP contribution < -0.4 is 10.9 Å². The third-order valence-electron chi connectivity index (χ3n) is 4.50. The smallest absolute Gasteiger partial charge is 0.266 e. The summed E-state index contributed by atoms with van der Waals surface area (Å²) in [6.07, 6.45) is 0.607. The Morgan fingerprint density at radius 2 is 1.93 bits per heavy atom. The second kappa shape index (κ2) is 9.15. The van der Waals surface area contributed by atoms with E-state index in [0.717, 1.165) is 26.8 Å². The van der Waals surface area contributed by atoms with E-state index in [0.29, 0.717) is 24.4 Å². The lowest BCUT2D eigenvalue weighted by molar-refractivity contribution is 0.0956. The Morgan fingerprint density at radius 1 is 1.10 bits per heavy atom. The number of hydrogen-bond donors (Lipinski definition) is 1. The summed E-state index contributed by atoms with van der Waals surface area (Å²) in [4.78, 5) is 30.8. The lowest BCUT2D eigenvalue weighted by Crippen LogP contribution is -2.28. The number of nitrogens with zero attached hydrogens (tertiary/aromatic N) is 3. The summed E-state index contributed by atoms with van der Waals surface area (Å²) in [7, 11) is 0. The summed E-state index contributed by atoms with van der Waals surface area (Å²) in [5.74, 6) is -0.139. The molecule has 0 bridgehead atoms. The number of amides is 1. The van der Waals surface area contributed by atoms with Crippen molar-refractivity contribution in [3.8, 4) is 21.1 Å². The van der Waals surface area contributed by atoms with Gasteiger partial charge in [-0.3, -0.25) is 9.59 Å². The summed E-state index contributed by atoms with van der Waals surface area (Å²) < 4.78 is 1.45. The van der Waals surface area contributed by atoms with Gasteiger partial charge in [-0.15, -0.1) is 22.7 Å². The van der Waals surface area contributed by atoms with Crippen molar-refractivity contribution in [2.75, 3.05) is 6.54 Å². The molecule has 1 amide bonds. The van der Waals surface area contributed by atoms with Gasteiger partial charge in [0.05, 0.1) is 10.6 Å². The number of carbonyl (C=O) groups excluding carboxylic acids is 1. The van der Waals surface area contributed by atoms with Gasteiger partial charge >= 0.3 is 0 Å². The van der Waals surface area contributed by atoms with Crippen LogP contribution in [0, 0.1) is 6.92 Å². The van der Waals surface area contributed by atoms with E-state index in [2.05, 4.69) is 15.4 Å². The van der Waals surface area contributed by atoms with E-state index >= 15 is 0 Å². The summed E-state index contributed by atoms with van der Waals surface area (Å²) in [5.41, 5.74) is 2.36. The van der Waals surface area contributed by atoms with Gasteiger partial charge in [-0.2, -0.15) is 5.10 Å². The molecule has 0 atom stereocenters. The molecule has 6 nitrogen and oxygen atoms in total. The second-order valence-corrected chi connectivity index (χ2v) is 8.61. The van der Waals surface area contributed by atoms with Gasteiger partial charge in [0.1, 0.15) is 15.6 Å². The monoisotopic (exact) mass is 436 g/mol. The average molecular weight is 437 g/mol. The number of nitrogens with one attached hydrogen (secondary N) is 1. The van der Waals surface area contributed by atoms with Gasteiger partial charge in [-0.05, 0) is 30.9 Å². The highest BCUT2D eigenvalue weighted by molar-refractivity contribution is 7.17. The Morgan fingerprint density at radius 3 is 2.70 bits per heavy atom. The van der Waals surface area contributed by atoms with Crippen LogP contribution in [0.15, 0.2) is 64.8 Å². The van der Waals surface area contributed by atoms with Crippen LogP contribution in [0.2, 0.25) is 0 Å². The van der Waals surface area contributed by atoms with Crippen LogP contribution in [-0.4, -0.2) is 27.2 Å². The lowest BCUT2D eigenvalue weighted by Gasteiger charge is -2.07. The molecule has 0 spiro atoms. The number of benzene rings is 1. The maximum Gasteiger partial charge on any atom is 0.266 e. The summed E-state index contributed by atoms with van der Waals surface area (Å²) in [5, 5.41) is 10.2.